The van der Waals surface area contributed by atoms with Crippen molar-refractivity contribution >= 4 is 11.6 Å². The highest BCUT2D eigenvalue weighted by Crippen LogP contribution is 2.35. The van der Waals surface area contributed by atoms with Gasteiger partial charge in [-0.3, -0.25) is 0 Å². The Morgan fingerprint density at radius 1 is 1.43 bits per heavy atom. The third kappa shape index (κ3) is 5.84. The number of nitrogens with one attached hydrogen (secondary N) is 1. The normalized spacial score (nSPS) is 19.7. The number of ether oxygens (including phenoxy) is 1. The van der Waals surface area contributed by atoms with Gasteiger partial charge in [0.15, 0.2) is 0 Å². The highest BCUT2D eigenvalue weighted by atomic mass is 35.5. The maximum absolute atomic E-state index is 6.14. The molecule has 0 saturated heterocycles. The molecular formula is C11H22ClNO. The van der Waals surface area contributed by atoms with E-state index in [1.165, 1.54) is 12.8 Å². The van der Waals surface area contributed by atoms with Crippen LogP contribution in [0.15, 0.2) is 0 Å². The lowest BCUT2D eigenvalue weighted by molar-refractivity contribution is -0.000749. The summed E-state index contributed by atoms with van der Waals surface area (Å²) in [7, 11) is 0. The molecule has 1 aliphatic carbocycles. The van der Waals surface area contributed by atoms with E-state index in [1.807, 2.05) is 0 Å². The molecule has 2 nitrogen and oxygen atoms in total. The molecule has 84 valence electrons. The Morgan fingerprint density at radius 2 is 2.07 bits per heavy atom. The fourth-order valence-corrected chi connectivity index (χ4v) is 1.66. The Bertz CT molecular complexity index is 163. The van der Waals surface area contributed by atoms with Crippen LogP contribution in [0.2, 0.25) is 0 Å². The lowest BCUT2D eigenvalue weighted by Crippen LogP contribution is -2.30. The average molecular weight is 220 g/mol. The summed E-state index contributed by atoms with van der Waals surface area (Å²) >= 11 is 6.14. The van der Waals surface area contributed by atoms with Crippen LogP contribution in [0, 0.1) is 5.92 Å². The summed E-state index contributed by atoms with van der Waals surface area (Å²) in [4.78, 5) is 0. The van der Waals surface area contributed by atoms with Crippen molar-refractivity contribution in [2.45, 2.75) is 44.6 Å². The van der Waals surface area contributed by atoms with E-state index in [1.54, 1.807) is 0 Å². The minimum absolute atomic E-state index is 0.0292. The fourth-order valence-electron chi connectivity index (χ4n) is 1.29. The van der Waals surface area contributed by atoms with Gasteiger partial charge in [0, 0.05) is 18.5 Å². The van der Waals surface area contributed by atoms with Gasteiger partial charge < -0.3 is 10.1 Å². The van der Waals surface area contributed by atoms with Crippen LogP contribution in [0.5, 0.6) is 0 Å². The number of halogens is 1. The Labute approximate surface area is 92.3 Å². The first-order valence-electron chi connectivity index (χ1n) is 5.48. The molecule has 1 atom stereocenters. The summed E-state index contributed by atoms with van der Waals surface area (Å²) < 4.78 is 5.58. The molecule has 0 aromatic rings. The van der Waals surface area contributed by atoms with Gasteiger partial charge >= 0.3 is 0 Å². The first-order valence-corrected chi connectivity index (χ1v) is 5.91. The molecule has 0 aromatic heterocycles. The topological polar surface area (TPSA) is 21.3 Å². The SMILES string of the molecule is CC(C)(C)OCCNCC(Cl)C1CC1. The van der Waals surface area contributed by atoms with Gasteiger partial charge in [-0.25, -0.2) is 0 Å². The second-order valence-corrected chi connectivity index (χ2v) is 5.58. The van der Waals surface area contributed by atoms with Crippen molar-refractivity contribution in [3.05, 3.63) is 0 Å². The molecule has 14 heavy (non-hydrogen) atoms. The van der Waals surface area contributed by atoms with Crippen LogP contribution in [-0.2, 0) is 4.74 Å². The minimum Gasteiger partial charge on any atom is -0.375 e. The van der Waals surface area contributed by atoms with Gasteiger partial charge in [-0.05, 0) is 39.5 Å². The number of hydrogen-bond acceptors (Lipinski definition) is 2. The van der Waals surface area contributed by atoms with Gasteiger partial charge in [-0.15, -0.1) is 11.6 Å². The zero-order valence-corrected chi connectivity index (χ0v) is 10.2. The van der Waals surface area contributed by atoms with Gasteiger partial charge in [-0.1, -0.05) is 0 Å². The van der Waals surface area contributed by atoms with Crippen LogP contribution in [0.4, 0.5) is 0 Å². The van der Waals surface area contributed by atoms with Gasteiger partial charge in [0.25, 0.3) is 0 Å². The Kier molecular flexibility index (Phi) is 4.68. The molecular weight excluding hydrogens is 198 g/mol. The van der Waals surface area contributed by atoms with Crippen molar-refractivity contribution in [3.63, 3.8) is 0 Å². The molecule has 0 amide bonds. The maximum Gasteiger partial charge on any atom is 0.0599 e. The largest absolute Gasteiger partial charge is 0.375 e. The van der Waals surface area contributed by atoms with Gasteiger partial charge in [0.1, 0.15) is 0 Å². The lowest BCUT2D eigenvalue weighted by Gasteiger charge is -2.19. The highest BCUT2D eigenvalue weighted by molar-refractivity contribution is 6.21. The lowest BCUT2D eigenvalue weighted by atomic mass is 10.2. The Morgan fingerprint density at radius 3 is 2.57 bits per heavy atom. The second-order valence-electron chi connectivity index (χ2n) is 5.02. The monoisotopic (exact) mass is 219 g/mol. The standard InChI is InChI=1S/C11H22ClNO/c1-11(2,3)14-7-6-13-8-10(12)9-4-5-9/h9-10,13H,4-8H2,1-3H3. The van der Waals surface area contributed by atoms with E-state index >= 15 is 0 Å². The molecule has 0 heterocycles. The third-order valence-corrected chi connectivity index (χ3v) is 2.80. The van der Waals surface area contributed by atoms with Gasteiger partial charge in [0.2, 0.25) is 0 Å². The van der Waals surface area contributed by atoms with Crippen LogP contribution < -0.4 is 5.32 Å². The predicted molar refractivity (Wildman–Crippen MR) is 60.9 cm³/mol. The first-order chi connectivity index (χ1) is 6.49. The summed E-state index contributed by atoms with van der Waals surface area (Å²) in [5.41, 5.74) is -0.0292. The van der Waals surface area contributed by atoms with E-state index in [-0.39, 0.29) is 5.60 Å². The van der Waals surface area contributed by atoms with Crippen molar-refractivity contribution in [3.8, 4) is 0 Å². The van der Waals surface area contributed by atoms with E-state index < -0.39 is 0 Å². The Balaban J connectivity index is 1.88. The van der Waals surface area contributed by atoms with Crippen molar-refractivity contribution in [1.29, 1.82) is 0 Å². The van der Waals surface area contributed by atoms with Crippen molar-refractivity contribution < 1.29 is 4.74 Å². The highest BCUT2D eigenvalue weighted by Gasteiger charge is 2.28. The summed E-state index contributed by atoms with van der Waals surface area (Å²) in [6.45, 7) is 8.79. The fraction of sp³-hybridized carbons (Fsp3) is 1.00. The first kappa shape index (κ1) is 12.3. The molecule has 0 radical (unpaired) electrons. The van der Waals surface area contributed by atoms with Crippen LogP contribution in [0.25, 0.3) is 0 Å². The molecule has 1 rings (SSSR count). The van der Waals surface area contributed by atoms with Crippen LogP contribution in [-0.4, -0.2) is 30.7 Å². The van der Waals surface area contributed by atoms with E-state index in [0.29, 0.717) is 5.38 Å². The zero-order valence-electron chi connectivity index (χ0n) is 9.48. The summed E-state index contributed by atoms with van der Waals surface area (Å²) in [5.74, 6) is 0.771. The molecule has 1 fully saturated rings. The van der Waals surface area contributed by atoms with E-state index in [9.17, 15) is 0 Å². The number of hydrogen-bond donors (Lipinski definition) is 1. The van der Waals surface area contributed by atoms with E-state index in [0.717, 1.165) is 25.6 Å². The minimum atomic E-state index is -0.0292. The van der Waals surface area contributed by atoms with Gasteiger partial charge in [0.05, 0.1) is 12.2 Å². The maximum atomic E-state index is 6.14. The molecule has 0 aromatic carbocycles. The van der Waals surface area contributed by atoms with E-state index in [4.69, 9.17) is 16.3 Å². The third-order valence-electron chi connectivity index (χ3n) is 2.29. The molecule has 1 unspecified atom stereocenters. The van der Waals surface area contributed by atoms with Crippen LogP contribution >= 0.6 is 11.6 Å². The average Bonchev–Trinajstić information content (AvgIpc) is 2.83. The van der Waals surface area contributed by atoms with E-state index in [2.05, 4.69) is 26.1 Å². The van der Waals surface area contributed by atoms with Crippen LogP contribution in [0.1, 0.15) is 33.6 Å². The summed E-state index contributed by atoms with van der Waals surface area (Å²) in [6, 6.07) is 0. The zero-order chi connectivity index (χ0) is 10.6. The molecule has 0 aliphatic heterocycles. The molecule has 1 saturated carbocycles. The second kappa shape index (κ2) is 5.34. The molecule has 1 N–H and O–H groups in total. The summed E-state index contributed by atoms with van der Waals surface area (Å²) in [6.07, 6.45) is 2.63. The van der Waals surface area contributed by atoms with Crippen molar-refractivity contribution in [2.75, 3.05) is 19.7 Å². The van der Waals surface area contributed by atoms with Crippen molar-refractivity contribution in [1.82, 2.24) is 5.32 Å². The smallest absolute Gasteiger partial charge is 0.0599 e. The van der Waals surface area contributed by atoms with Crippen LogP contribution in [0.3, 0.4) is 0 Å². The van der Waals surface area contributed by atoms with Gasteiger partial charge in [-0.2, -0.15) is 0 Å². The molecule has 3 heteroatoms. The number of alkyl halides is 1. The Hall–Kier alpha value is 0.210. The van der Waals surface area contributed by atoms with Crippen molar-refractivity contribution in [2.24, 2.45) is 5.92 Å². The number of rotatable bonds is 6. The molecule has 0 bridgehead atoms. The molecule has 1 aliphatic rings. The summed E-state index contributed by atoms with van der Waals surface area (Å²) in [5, 5.41) is 3.65. The quantitative estimate of drug-likeness (QED) is 0.547. The predicted octanol–water partition coefficient (Wildman–Crippen LogP) is 2.41. The molecule has 0 spiro atoms.